The van der Waals surface area contributed by atoms with E-state index in [1.807, 2.05) is 0 Å². The third kappa shape index (κ3) is 5.67. The number of nitrogens with one attached hydrogen (secondary N) is 1. The fourth-order valence-electron chi connectivity index (χ4n) is 3.56. The predicted octanol–water partition coefficient (Wildman–Crippen LogP) is 3.29. The van der Waals surface area contributed by atoms with E-state index in [1.165, 1.54) is 4.72 Å². The summed E-state index contributed by atoms with van der Waals surface area (Å²) in [6.07, 6.45) is -0.0888. The summed E-state index contributed by atoms with van der Waals surface area (Å²) in [5.41, 5.74) is -5.49. The molecule has 0 aromatic heterocycles. The van der Waals surface area contributed by atoms with Crippen molar-refractivity contribution in [3.05, 3.63) is 53.1 Å². The van der Waals surface area contributed by atoms with E-state index in [2.05, 4.69) is 0 Å². The lowest BCUT2D eigenvalue weighted by Crippen LogP contribution is -2.44. The lowest BCUT2D eigenvalue weighted by Gasteiger charge is -2.31. The van der Waals surface area contributed by atoms with Crippen LogP contribution in [0.4, 0.5) is 22.0 Å². The van der Waals surface area contributed by atoms with Crippen LogP contribution in [0.2, 0.25) is 5.02 Å². The monoisotopic (exact) mass is 596 g/mol. The molecule has 1 N–H and O–H groups in total. The number of piperidine rings is 1. The number of hydrogen-bond acceptors (Lipinski definition) is 6. The Morgan fingerprint density at radius 2 is 1.47 bits per heavy atom. The third-order valence-electron chi connectivity index (χ3n) is 5.44. The average molecular weight is 597 g/mol. The maximum Gasteiger partial charge on any atom is 0.511 e. The summed E-state index contributed by atoms with van der Waals surface area (Å²) in [5.74, 6) is -3.52. The summed E-state index contributed by atoms with van der Waals surface area (Å²) < 4.78 is 143. The molecule has 0 saturated carbocycles. The Bertz CT molecular complexity index is 1450. The normalized spacial score (nSPS) is 16.8. The Kier molecular flexibility index (Phi) is 8.08. The first-order valence-corrected chi connectivity index (χ1v) is 14.8. The molecule has 2 aromatic rings. The zero-order valence-corrected chi connectivity index (χ0v) is 21.2. The van der Waals surface area contributed by atoms with Crippen LogP contribution < -0.4 is 4.72 Å². The molecule has 3 rings (SSSR count). The van der Waals surface area contributed by atoms with Crippen molar-refractivity contribution in [1.82, 2.24) is 9.03 Å². The van der Waals surface area contributed by atoms with Gasteiger partial charge in [-0.15, -0.1) is 0 Å². The van der Waals surface area contributed by atoms with Crippen molar-refractivity contribution >= 4 is 41.5 Å². The summed E-state index contributed by atoms with van der Waals surface area (Å²) in [6, 6.07) is 4.99. The summed E-state index contributed by atoms with van der Waals surface area (Å²) >= 11 is 5.85. The maximum absolute atomic E-state index is 14.3. The van der Waals surface area contributed by atoms with E-state index in [0.717, 1.165) is 28.6 Å². The Morgan fingerprint density at radius 1 is 0.917 bits per heavy atom. The standard InChI is InChI=1S/C19H18ClF5N2O6S3/c20-13-4-5-16(17(10-13)34(28,29)18-14(21)2-1-3-15(18)22)35(30,31)27-8-6-12(7-9-27)11-26-36(32,33)19(23,24)25/h1-5,10,12,26H,6-9,11H2. The van der Waals surface area contributed by atoms with Crippen molar-refractivity contribution in [2.75, 3.05) is 19.6 Å². The summed E-state index contributed by atoms with van der Waals surface area (Å²) in [6.45, 7) is -1.14. The number of nitrogens with zero attached hydrogens (tertiary/aromatic N) is 1. The van der Waals surface area contributed by atoms with Gasteiger partial charge in [-0.25, -0.2) is 38.8 Å². The van der Waals surface area contributed by atoms with Crippen molar-refractivity contribution in [1.29, 1.82) is 0 Å². The van der Waals surface area contributed by atoms with Crippen LogP contribution in [0.5, 0.6) is 0 Å². The molecule has 0 unspecified atom stereocenters. The zero-order chi connectivity index (χ0) is 27.1. The van der Waals surface area contributed by atoms with Gasteiger partial charge in [-0.05, 0) is 49.1 Å². The van der Waals surface area contributed by atoms with Crippen molar-refractivity contribution in [2.24, 2.45) is 5.92 Å². The fraction of sp³-hybridized carbons (Fsp3) is 0.368. The molecule has 1 saturated heterocycles. The molecule has 17 heteroatoms. The zero-order valence-electron chi connectivity index (χ0n) is 18.0. The predicted molar refractivity (Wildman–Crippen MR) is 118 cm³/mol. The number of benzene rings is 2. The SMILES string of the molecule is O=S(=O)(c1cc(Cl)ccc1S(=O)(=O)N1CCC(CNS(=O)(=O)C(F)(F)F)CC1)c1c(F)cccc1F. The first-order valence-electron chi connectivity index (χ1n) is 10.0. The van der Waals surface area contributed by atoms with Gasteiger partial charge in [0.2, 0.25) is 19.9 Å². The van der Waals surface area contributed by atoms with Gasteiger partial charge in [-0.2, -0.15) is 17.5 Å². The van der Waals surface area contributed by atoms with E-state index in [0.29, 0.717) is 12.1 Å². The highest BCUT2D eigenvalue weighted by Crippen LogP contribution is 2.35. The first-order chi connectivity index (χ1) is 16.5. The van der Waals surface area contributed by atoms with E-state index in [-0.39, 0.29) is 31.0 Å². The maximum atomic E-state index is 14.3. The van der Waals surface area contributed by atoms with Crippen molar-refractivity contribution in [2.45, 2.75) is 33.0 Å². The molecule has 1 heterocycles. The summed E-state index contributed by atoms with van der Waals surface area (Å²) in [7, 11) is -15.2. The van der Waals surface area contributed by atoms with Gasteiger partial charge in [0, 0.05) is 24.7 Å². The van der Waals surface area contributed by atoms with Crippen LogP contribution in [0.3, 0.4) is 0 Å². The molecule has 200 valence electrons. The molecule has 0 bridgehead atoms. The third-order valence-corrected chi connectivity index (χ3v) is 10.8. The Balaban J connectivity index is 1.89. The molecular formula is C19H18ClF5N2O6S3. The first kappa shape index (κ1) is 28.7. The molecule has 0 atom stereocenters. The minimum Gasteiger partial charge on any atom is -0.218 e. The molecule has 0 radical (unpaired) electrons. The second-order valence-electron chi connectivity index (χ2n) is 7.79. The van der Waals surface area contributed by atoms with Gasteiger partial charge in [-0.1, -0.05) is 17.7 Å². The number of halogens is 6. The molecular weight excluding hydrogens is 579 g/mol. The largest absolute Gasteiger partial charge is 0.511 e. The van der Waals surface area contributed by atoms with Crippen LogP contribution >= 0.6 is 11.6 Å². The molecule has 1 aliphatic heterocycles. The van der Waals surface area contributed by atoms with Crippen molar-refractivity contribution in [3.8, 4) is 0 Å². The van der Waals surface area contributed by atoms with Gasteiger partial charge in [0.1, 0.15) is 21.4 Å². The Hall–Kier alpha value is -1.85. The van der Waals surface area contributed by atoms with Gasteiger partial charge >= 0.3 is 15.5 Å². The van der Waals surface area contributed by atoms with Crippen LogP contribution in [0.15, 0.2) is 51.1 Å². The lowest BCUT2D eigenvalue weighted by atomic mass is 9.99. The summed E-state index contributed by atoms with van der Waals surface area (Å²) in [5, 5.41) is -0.222. The van der Waals surface area contributed by atoms with E-state index in [4.69, 9.17) is 11.6 Å². The molecule has 1 aliphatic rings. The second kappa shape index (κ2) is 10.1. The Labute approximate surface area is 209 Å². The molecule has 2 aromatic carbocycles. The van der Waals surface area contributed by atoms with Crippen LogP contribution in [-0.4, -0.2) is 54.7 Å². The van der Waals surface area contributed by atoms with Gasteiger partial charge in [0.25, 0.3) is 0 Å². The number of rotatable bonds is 7. The topological polar surface area (TPSA) is 118 Å². The van der Waals surface area contributed by atoms with Crippen LogP contribution in [0.25, 0.3) is 0 Å². The number of sulfonamides is 2. The molecule has 0 aliphatic carbocycles. The quantitative estimate of drug-likeness (QED) is 0.490. The fourth-order valence-corrected chi connectivity index (χ4v) is 8.06. The van der Waals surface area contributed by atoms with Gasteiger partial charge in [0.05, 0.1) is 4.90 Å². The highest BCUT2D eigenvalue weighted by molar-refractivity contribution is 7.93. The van der Waals surface area contributed by atoms with Crippen molar-refractivity contribution in [3.63, 3.8) is 0 Å². The Morgan fingerprint density at radius 3 is 2.00 bits per heavy atom. The number of alkyl halides is 3. The van der Waals surface area contributed by atoms with Crippen LogP contribution in [0.1, 0.15) is 12.8 Å². The van der Waals surface area contributed by atoms with E-state index in [1.54, 1.807) is 0 Å². The van der Waals surface area contributed by atoms with Crippen LogP contribution in [0, 0.1) is 17.6 Å². The van der Waals surface area contributed by atoms with Crippen molar-refractivity contribution < 1.29 is 47.2 Å². The van der Waals surface area contributed by atoms with E-state index >= 15 is 0 Å². The van der Waals surface area contributed by atoms with Gasteiger partial charge < -0.3 is 0 Å². The highest BCUT2D eigenvalue weighted by atomic mass is 35.5. The molecule has 8 nitrogen and oxygen atoms in total. The average Bonchev–Trinajstić information content (AvgIpc) is 2.77. The molecule has 1 fully saturated rings. The molecule has 0 spiro atoms. The molecule has 0 amide bonds. The second-order valence-corrected chi connectivity index (χ2v) is 13.7. The highest BCUT2D eigenvalue weighted by Gasteiger charge is 2.46. The summed E-state index contributed by atoms with van der Waals surface area (Å²) in [4.78, 5) is -3.12. The van der Waals surface area contributed by atoms with Crippen LogP contribution in [-0.2, 0) is 29.9 Å². The lowest BCUT2D eigenvalue weighted by molar-refractivity contribution is -0.0448. The van der Waals surface area contributed by atoms with Gasteiger partial charge in [0.15, 0.2) is 0 Å². The minimum absolute atomic E-state index is 0.0444. The van der Waals surface area contributed by atoms with E-state index in [9.17, 15) is 47.2 Å². The van der Waals surface area contributed by atoms with E-state index < -0.39 is 74.2 Å². The molecule has 36 heavy (non-hydrogen) atoms. The minimum atomic E-state index is -5.56. The van der Waals surface area contributed by atoms with Gasteiger partial charge in [-0.3, -0.25) is 0 Å². The smallest absolute Gasteiger partial charge is 0.218 e. The number of sulfone groups is 1. The number of hydrogen-bond donors (Lipinski definition) is 1.